The summed E-state index contributed by atoms with van der Waals surface area (Å²) in [5.74, 6) is 0.0189. The van der Waals surface area contributed by atoms with Crippen LogP contribution < -0.4 is 10.6 Å². The Morgan fingerprint density at radius 1 is 1.26 bits per heavy atom. The van der Waals surface area contributed by atoms with Gasteiger partial charge in [0.05, 0.1) is 4.88 Å². The summed E-state index contributed by atoms with van der Waals surface area (Å²) in [5.41, 5.74) is 8.86. The fraction of sp³-hybridized carbons (Fsp3) is 0.267. The minimum absolute atomic E-state index is 0.0189. The van der Waals surface area contributed by atoms with Crippen molar-refractivity contribution in [3.63, 3.8) is 0 Å². The van der Waals surface area contributed by atoms with E-state index in [1.54, 1.807) is 4.90 Å². The summed E-state index contributed by atoms with van der Waals surface area (Å²) in [7, 11) is 0. The molecule has 2 aromatic rings. The van der Waals surface area contributed by atoms with Crippen molar-refractivity contribution in [2.75, 3.05) is 18.0 Å². The Morgan fingerprint density at radius 2 is 1.95 bits per heavy atom. The number of carbonyl (C=O) groups excluding carboxylic acids is 1. The lowest BCUT2D eigenvalue weighted by molar-refractivity contribution is 0.0991. The van der Waals surface area contributed by atoms with Crippen LogP contribution in [0.15, 0.2) is 35.7 Å². The zero-order valence-corrected chi connectivity index (χ0v) is 12.0. The van der Waals surface area contributed by atoms with Crippen LogP contribution in [-0.4, -0.2) is 19.0 Å². The van der Waals surface area contributed by atoms with Gasteiger partial charge in [0.1, 0.15) is 0 Å². The number of aryl methyl sites for hydroxylation is 2. The molecule has 4 heteroatoms. The maximum absolute atomic E-state index is 12.5. The van der Waals surface area contributed by atoms with Gasteiger partial charge in [-0.3, -0.25) is 4.79 Å². The van der Waals surface area contributed by atoms with E-state index in [-0.39, 0.29) is 5.91 Å². The number of amides is 1. The van der Waals surface area contributed by atoms with Crippen molar-refractivity contribution in [2.24, 2.45) is 5.73 Å². The first-order valence-electron chi connectivity index (χ1n) is 6.25. The van der Waals surface area contributed by atoms with Crippen molar-refractivity contribution in [1.29, 1.82) is 0 Å². The van der Waals surface area contributed by atoms with E-state index in [9.17, 15) is 4.79 Å². The first-order valence-corrected chi connectivity index (χ1v) is 7.13. The zero-order valence-electron chi connectivity index (χ0n) is 11.2. The number of hydrogen-bond acceptors (Lipinski definition) is 3. The topological polar surface area (TPSA) is 46.3 Å². The molecular formula is C15H18N2OS. The number of benzene rings is 1. The van der Waals surface area contributed by atoms with Crippen LogP contribution >= 0.6 is 11.3 Å². The highest BCUT2D eigenvalue weighted by atomic mass is 32.1. The monoisotopic (exact) mass is 274 g/mol. The molecule has 1 heterocycles. The van der Waals surface area contributed by atoms with Gasteiger partial charge in [-0.1, -0.05) is 12.1 Å². The van der Waals surface area contributed by atoms with E-state index >= 15 is 0 Å². The van der Waals surface area contributed by atoms with Crippen LogP contribution in [0.2, 0.25) is 0 Å². The lowest BCUT2D eigenvalue weighted by atomic mass is 10.1. The molecule has 0 fully saturated rings. The molecule has 1 aromatic carbocycles. The van der Waals surface area contributed by atoms with Crippen LogP contribution in [0.1, 0.15) is 20.8 Å². The summed E-state index contributed by atoms with van der Waals surface area (Å²) in [5, 5.41) is 1.91. The Bertz CT molecular complexity index is 543. The molecule has 100 valence electrons. The predicted octanol–water partition coefficient (Wildman–Crippen LogP) is 2.97. The van der Waals surface area contributed by atoms with Gasteiger partial charge in [-0.15, -0.1) is 11.3 Å². The van der Waals surface area contributed by atoms with Gasteiger partial charge in [-0.2, -0.15) is 0 Å². The maximum Gasteiger partial charge on any atom is 0.268 e. The van der Waals surface area contributed by atoms with Crippen molar-refractivity contribution >= 4 is 22.9 Å². The lowest BCUT2D eigenvalue weighted by Gasteiger charge is -2.22. The van der Waals surface area contributed by atoms with Crippen LogP contribution in [-0.2, 0) is 0 Å². The smallest absolute Gasteiger partial charge is 0.268 e. The van der Waals surface area contributed by atoms with Gasteiger partial charge in [0.25, 0.3) is 5.91 Å². The standard InChI is InChI=1S/C15H18N2OS/c1-11-8-12(2)10-13(9-11)17(6-5-16)15(18)14-4-3-7-19-14/h3-4,7-10H,5-6,16H2,1-2H3. The molecule has 1 amide bonds. The second kappa shape index (κ2) is 5.99. The van der Waals surface area contributed by atoms with E-state index in [0.29, 0.717) is 13.1 Å². The molecule has 0 aliphatic rings. The largest absolute Gasteiger partial charge is 0.329 e. The van der Waals surface area contributed by atoms with E-state index < -0.39 is 0 Å². The number of carbonyl (C=O) groups is 1. The number of hydrogen-bond donors (Lipinski definition) is 1. The number of thiophene rings is 1. The molecule has 0 unspecified atom stereocenters. The molecule has 0 atom stereocenters. The average Bonchev–Trinajstić information content (AvgIpc) is 2.87. The molecular weight excluding hydrogens is 256 g/mol. The Balaban J connectivity index is 2.36. The fourth-order valence-electron chi connectivity index (χ4n) is 2.12. The highest BCUT2D eigenvalue weighted by molar-refractivity contribution is 7.12. The number of nitrogens with zero attached hydrogens (tertiary/aromatic N) is 1. The molecule has 0 saturated heterocycles. The molecule has 0 aliphatic carbocycles. The summed E-state index contributed by atoms with van der Waals surface area (Å²) in [6, 6.07) is 9.88. The summed E-state index contributed by atoms with van der Waals surface area (Å²) in [6.45, 7) is 5.04. The highest BCUT2D eigenvalue weighted by Crippen LogP contribution is 2.22. The minimum atomic E-state index is 0.0189. The summed E-state index contributed by atoms with van der Waals surface area (Å²) in [6.07, 6.45) is 0. The van der Waals surface area contributed by atoms with Crippen LogP contribution in [0.25, 0.3) is 0 Å². The van der Waals surface area contributed by atoms with Gasteiger partial charge in [-0.05, 0) is 48.6 Å². The molecule has 0 aliphatic heterocycles. The molecule has 0 radical (unpaired) electrons. The normalized spacial score (nSPS) is 10.5. The average molecular weight is 274 g/mol. The molecule has 2 rings (SSSR count). The predicted molar refractivity (Wildman–Crippen MR) is 81.0 cm³/mol. The first kappa shape index (κ1) is 13.8. The number of anilines is 1. The number of nitrogens with two attached hydrogens (primary N) is 1. The molecule has 0 spiro atoms. The molecule has 2 N–H and O–H groups in total. The Labute approximate surface area is 117 Å². The van der Waals surface area contributed by atoms with Crippen molar-refractivity contribution < 1.29 is 4.79 Å². The van der Waals surface area contributed by atoms with Crippen LogP contribution in [0.5, 0.6) is 0 Å². The second-order valence-corrected chi connectivity index (χ2v) is 5.52. The van der Waals surface area contributed by atoms with Gasteiger partial charge < -0.3 is 10.6 Å². The summed E-state index contributed by atoms with van der Waals surface area (Å²) >= 11 is 1.46. The quantitative estimate of drug-likeness (QED) is 0.931. The second-order valence-electron chi connectivity index (χ2n) is 4.57. The molecule has 0 bridgehead atoms. The Morgan fingerprint density at radius 3 is 2.47 bits per heavy atom. The van der Waals surface area contributed by atoms with E-state index in [1.807, 2.05) is 43.5 Å². The van der Waals surface area contributed by atoms with E-state index in [2.05, 4.69) is 6.07 Å². The van der Waals surface area contributed by atoms with Gasteiger partial charge in [-0.25, -0.2) is 0 Å². The third kappa shape index (κ3) is 3.22. The van der Waals surface area contributed by atoms with Gasteiger partial charge >= 0.3 is 0 Å². The van der Waals surface area contributed by atoms with Crippen LogP contribution in [0.4, 0.5) is 5.69 Å². The van der Waals surface area contributed by atoms with Gasteiger partial charge in [0.15, 0.2) is 0 Å². The maximum atomic E-state index is 12.5. The van der Waals surface area contributed by atoms with E-state index in [4.69, 9.17) is 5.73 Å². The lowest BCUT2D eigenvalue weighted by Crippen LogP contribution is -2.35. The molecule has 1 aromatic heterocycles. The van der Waals surface area contributed by atoms with Gasteiger partial charge in [0, 0.05) is 18.8 Å². The van der Waals surface area contributed by atoms with E-state index in [0.717, 1.165) is 21.7 Å². The van der Waals surface area contributed by atoms with Crippen molar-refractivity contribution in [3.05, 3.63) is 51.7 Å². The van der Waals surface area contributed by atoms with Crippen LogP contribution in [0.3, 0.4) is 0 Å². The Kier molecular flexibility index (Phi) is 4.35. The highest BCUT2D eigenvalue weighted by Gasteiger charge is 2.18. The third-order valence-corrected chi connectivity index (χ3v) is 3.71. The van der Waals surface area contributed by atoms with Crippen LogP contribution in [0, 0.1) is 13.8 Å². The zero-order chi connectivity index (χ0) is 13.8. The van der Waals surface area contributed by atoms with Crippen molar-refractivity contribution in [1.82, 2.24) is 0 Å². The van der Waals surface area contributed by atoms with Crippen molar-refractivity contribution in [3.8, 4) is 0 Å². The SMILES string of the molecule is Cc1cc(C)cc(N(CCN)C(=O)c2cccs2)c1. The Hall–Kier alpha value is -1.65. The summed E-state index contributed by atoms with van der Waals surface area (Å²) in [4.78, 5) is 15.0. The van der Waals surface area contributed by atoms with Gasteiger partial charge in [0.2, 0.25) is 0 Å². The molecule has 19 heavy (non-hydrogen) atoms. The van der Waals surface area contributed by atoms with E-state index in [1.165, 1.54) is 11.3 Å². The molecule has 3 nitrogen and oxygen atoms in total. The van der Waals surface area contributed by atoms with Crippen molar-refractivity contribution in [2.45, 2.75) is 13.8 Å². The summed E-state index contributed by atoms with van der Waals surface area (Å²) < 4.78 is 0. The third-order valence-electron chi connectivity index (χ3n) is 2.85. The molecule has 0 saturated carbocycles. The fourth-order valence-corrected chi connectivity index (χ4v) is 2.79. The minimum Gasteiger partial charge on any atom is -0.329 e. The number of rotatable bonds is 4. The first-order chi connectivity index (χ1) is 9.11.